The zero-order valence-electron chi connectivity index (χ0n) is 12.7. The smallest absolute Gasteiger partial charge is 0.227 e. The van der Waals surface area contributed by atoms with E-state index >= 15 is 0 Å². The number of aryl methyl sites for hydroxylation is 1. The summed E-state index contributed by atoms with van der Waals surface area (Å²) in [7, 11) is 0. The van der Waals surface area contributed by atoms with Crippen molar-refractivity contribution in [3.05, 3.63) is 47.0 Å². The van der Waals surface area contributed by atoms with Crippen molar-refractivity contribution in [2.45, 2.75) is 31.8 Å². The highest BCUT2D eigenvalue weighted by Gasteiger charge is 2.29. The van der Waals surface area contributed by atoms with Gasteiger partial charge in [-0.2, -0.15) is 0 Å². The minimum absolute atomic E-state index is 0.0594. The number of halogens is 1. The predicted octanol–water partition coefficient (Wildman–Crippen LogP) is 2.22. The van der Waals surface area contributed by atoms with Gasteiger partial charge in [0.25, 0.3) is 0 Å². The minimum Gasteiger partial charge on any atom is -0.492 e. The molecule has 2 aliphatic rings. The van der Waals surface area contributed by atoms with E-state index in [2.05, 4.69) is 14.9 Å². The highest BCUT2D eigenvalue weighted by atomic mass is 35.5. The Morgan fingerprint density at radius 2 is 2.35 bits per heavy atom. The van der Waals surface area contributed by atoms with Crippen molar-refractivity contribution >= 4 is 17.5 Å². The molecule has 3 heterocycles. The molecule has 6 heteroatoms. The molecule has 120 valence electrons. The molecule has 0 fully saturated rings. The third kappa shape index (κ3) is 2.93. The molecule has 1 N–H and O–H groups in total. The van der Waals surface area contributed by atoms with Gasteiger partial charge >= 0.3 is 0 Å². The summed E-state index contributed by atoms with van der Waals surface area (Å²) in [6.45, 7) is 1.21. The van der Waals surface area contributed by atoms with Crippen LogP contribution in [0.1, 0.15) is 17.8 Å². The first-order valence-electron chi connectivity index (χ1n) is 7.90. The van der Waals surface area contributed by atoms with Crippen molar-refractivity contribution < 1.29 is 9.53 Å². The van der Waals surface area contributed by atoms with Gasteiger partial charge in [-0.1, -0.05) is 11.6 Å². The number of ether oxygens (including phenoxy) is 1. The molecular formula is C17H18ClN3O2. The van der Waals surface area contributed by atoms with Crippen LogP contribution in [0.5, 0.6) is 5.75 Å². The fourth-order valence-corrected chi connectivity index (χ4v) is 3.53. The Morgan fingerprint density at radius 3 is 3.26 bits per heavy atom. The third-order valence-electron chi connectivity index (χ3n) is 4.58. The van der Waals surface area contributed by atoms with E-state index in [1.165, 1.54) is 0 Å². The van der Waals surface area contributed by atoms with Crippen molar-refractivity contribution in [3.63, 3.8) is 0 Å². The van der Waals surface area contributed by atoms with Crippen LogP contribution in [0.25, 0.3) is 0 Å². The van der Waals surface area contributed by atoms with Crippen LogP contribution in [0.15, 0.2) is 30.6 Å². The Bertz CT molecular complexity index is 743. The van der Waals surface area contributed by atoms with Gasteiger partial charge in [0.2, 0.25) is 5.91 Å². The molecule has 5 nitrogen and oxygen atoms in total. The van der Waals surface area contributed by atoms with Crippen molar-refractivity contribution in [1.29, 1.82) is 0 Å². The van der Waals surface area contributed by atoms with E-state index in [4.69, 9.17) is 16.3 Å². The number of benzene rings is 1. The lowest BCUT2D eigenvalue weighted by atomic mass is 9.95. The molecule has 23 heavy (non-hydrogen) atoms. The largest absolute Gasteiger partial charge is 0.492 e. The molecule has 1 aromatic carbocycles. The predicted molar refractivity (Wildman–Crippen MR) is 86.6 cm³/mol. The standard InChI is InChI=1S/C17H18ClN3O2/c18-13-1-3-15-11(8-13)7-12(10-23-15)17(22)20-14-2-4-16-19-5-6-21(16)9-14/h1,3,5-6,8,12,14H,2,4,7,9-10H2,(H,20,22)/t12-,14-/m1/s1. The zero-order chi connectivity index (χ0) is 15.8. The topological polar surface area (TPSA) is 56.2 Å². The lowest BCUT2D eigenvalue weighted by Crippen LogP contribution is -2.46. The van der Waals surface area contributed by atoms with Crippen LogP contribution in [-0.4, -0.2) is 28.1 Å². The molecule has 0 radical (unpaired) electrons. The molecule has 0 saturated heterocycles. The highest BCUT2D eigenvalue weighted by Crippen LogP contribution is 2.30. The maximum atomic E-state index is 12.6. The first kappa shape index (κ1) is 14.6. The molecule has 0 saturated carbocycles. The third-order valence-corrected chi connectivity index (χ3v) is 4.82. The minimum atomic E-state index is -0.162. The van der Waals surface area contributed by atoms with Crippen molar-refractivity contribution in [2.24, 2.45) is 5.92 Å². The molecule has 2 aromatic rings. The van der Waals surface area contributed by atoms with E-state index < -0.39 is 0 Å². The second-order valence-corrected chi connectivity index (χ2v) is 6.64. The van der Waals surface area contributed by atoms with Crippen LogP contribution in [0.4, 0.5) is 0 Å². The first-order chi connectivity index (χ1) is 11.2. The van der Waals surface area contributed by atoms with Gasteiger partial charge in [-0.25, -0.2) is 4.98 Å². The maximum Gasteiger partial charge on any atom is 0.227 e. The van der Waals surface area contributed by atoms with Crippen LogP contribution in [-0.2, 0) is 24.2 Å². The number of nitrogens with one attached hydrogen (secondary N) is 1. The molecular weight excluding hydrogens is 314 g/mol. The number of aromatic nitrogens is 2. The number of carbonyl (C=O) groups excluding carboxylic acids is 1. The van der Waals surface area contributed by atoms with Crippen LogP contribution in [0.3, 0.4) is 0 Å². The van der Waals surface area contributed by atoms with E-state index in [1.807, 2.05) is 30.6 Å². The maximum absolute atomic E-state index is 12.6. The summed E-state index contributed by atoms with van der Waals surface area (Å²) in [5.74, 6) is 1.83. The van der Waals surface area contributed by atoms with Crippen molar-refractivity contribution in [1.82, 2.24) is 14.9 Å². The lowest BCUT2D eigenvalue weighted by Gasteiger charge is -2.29. The van der Waals surface area contributed by atoms with E-state index in [-0.39, 0.29) is 17.9 Å². The van der Waals surface area contributed by atoms with E-state index in [0.29, 0.717) is 18.1 Å². The van der Waals surface area contributed by atoms with Gasteiger partial charge in [0.1, 0.15) is 18.2 Å². The van der Waals surface area contributed by atoms with E-state index in [1.54, 1.807) is 0 Å². The molecule has 0 bridgehead atoms. The van der Waals surface area contributed by atoms with Crippen LogP contribution in [0, 0.1) is 5.92 Å². The molecule has 0 aliphatic carbocycles. The highest BCUT2D eigenvalue weighted by molar-refractivity contribution is 6.30. The summed E-state index contributed by atoms with van der Waals surface area (Å²) in [6, 6.07) is 5.72. The number of hydrogen-bond donors (Lipinski definition) is 1. The van der Waals surface area contributed by atoms with Gasteiger partial charge in [0.15, 0.2) is 0 Å². The van der Waals surface area contributed by atoms with Gasteiger partial charge in [0, 0.05) is 36.4 Å². The van der Waals surface area contributed by atoms with Gasteiger partial charge in [0.05, 0.1) is 5.92 Å². The summed E-state index contributed by atoms with van der Waals surface area (Å²) in [5.41, 5.74) is 1.00. The monoisotopic (exact) mass is 331 g/mol. The SMILES string of the molecule is O=C(N[C@@H]1CCc2nccn2C1)[C@H]1COc2ccc(Cl)cc2C1. The zero-order valence-corrected chi connectivity index (χ0v) is 13.4. The number of imidazole rings is 1. The van der Waals surface area contributed by atoms with Crippen LogP contribution < -0.4 is 10.1 Å². The van der Waals surface area contributed by atoms with Gasteiger partial charge in [-0.3, -0.25) is 4.79 Å². The number of fused-ring (bicyclic) bond motifs is 2. The van der Waals surface area contributed by atoms with Crippen molar-refractivity contribution in [3.8, 4) is 5.75 Å². The molecule has 0 spiro atoms. The second-order valence-electron chi connectivity index (χ2n) is 6.20. The fraction of sp³-hybridized carbons (Fsp3) is 0.412. The number of nitrogens with zero attached hydrogens (tertiary/aromatic N) is 2. The number of carbonyl (C=O) groups is 1. The average molecular weight is 332 g/mol. The Hall–Kier alpha value is -2.01. The van der Waals surface area contributed by atoms with Gasteiger partial charge in [-0.15, -0.1) is 0 Å². The number of amides is 1. The molecule has 1 aromatic heterocycles. The molecule has 4 rings (SSSR count). The Kier molecular flexibility index (Phi) is 3.73. The van der Waals surface area contributed by atoms with Gasteiger partial charge < -0.3 is 14.6 Å². The summed E-state index contributed by atoms with van der Waals surface area (Å²) >= 11 is 6.03. The van der Waals surface area contributed by atoms with Crippen molar-refractivity contribution in [2.75, 3.05) is 6.61 Å². The fourth-order valence-electron chi connectivity index (χ4n) is 3.33. The van der Waals surface area contributed by atoms with E-state index in [0.717, 1.165) is 36.5 Å². The number of hydrogen-bond acceptors (Lipinski definition) is 3. The van der Waals surface area contributed by atoms with Crippen LogP contribution in [0.2, 0.25) is 5.02 Å². The lowest BCUT2D eigenvalue weighted by molar-refractivity contribution is -0.127. The molecule has 2 aliphatic heterocycles. The summed E-state index contributed by atoms with van der Waals surface area (Å²) in [5, 5.41) is 3.84. The Labute approximate surface area is 139 Å². The quantitative estimate of drug-likeness (QED) is 0.918. The average Bonchev–Trinajstić information content (AvgIpc) is 3.01. The second kappa shape index (κ2) is 5.89. The number of rotatable bonds is 2. The Morgan fingerprint density at radius 1 is 1.43 bits per heavy atom. The van der Waals surface area contributed by atoms with E-state index in [9.17, 15) is 4.79 Å². The molecule has 2 atom stereocenters. The first-order valence-corrected chi connectivity index (χ1v) is 8.28. The van der Waals surface area contributed by atoms with Gasteiger partial charge in [-0.05, 0) is 36.6 Å². The summed E-state index contributed by atoms with van der Waals surface area (Å²) < 4.78 is 7.82. The molecule has 0 unspecified atom stereocenters. The summed E-state index contributed by atoms with van der Waals surface area (Å²) in [4.78, 5) is 16.9. The normalized spacial score (nSPS) is 22.7. The Balaban J connectivity index is 1.41. The summed E-state index contributed by atoms with van der Waals surface area (Å²) in [6.07, 6.45) is 6.28. The molecule has 1 amide bonds. The van der Waals surface area contributed by atoms with Crippen LogP contribution >= 0.6 is 11.6 Å².